The lowest BCUT2D eigenvalue weighted by atomic mass is 10.1. The van der Waals surface area contributed by atoms with Gasteiger partial charge in [-0.1, -0.05) is 0 Å². The second-order valence-electron chi connectivity index (χ2n) is 8.12. The minimum absolute atomic E-state index is 0.0433. The molecule has 5 rings (SSSR count). The molecule has 0 atom stereocenters. The molecule has 2 aliphatic heterocycles. The Morgan fingerprint density at radius 2 is 1.62 bits per heavy atom. The van der Waals surface area contributed by atoms with Gasteiger partial charge in [0.2, 0.25) is 10.0 Å². The Balaban J connectivity index is 1.30. The van der Waals surface area contributed by atoms with Gasteiger partial charge in [0.05, 0.1) is 23.5 Å². The van der Waals surface area contributed by atoms with E-state index in [-0.39, 0.29) is 15.5 Å². The zero-order valence-corrected chi connectivity index (χ0v) is 19.2. The van der Waals surface area contributed by atoms with Crippen molar-refractivity contribution < 1.29 is 18.1 Å². The number of anilines is 2. The normalized spacial score (nSPS) is 17.8. The van der Waals surface area contributed by atoms with Gasteiger partial charge in [-0.25, -0.2) is 13.4 Å². The summed E-state index contributed by atoms with van der Waals surface area (Å²) in [6.07, 6.45) is 4.59. The second-order valence-corrected chi connectivity index (χ2v) is 10.1. The molecule has 0 saturated carbocycles. The summed E-state index contributed by atoms with van der Waals surface area (Å²) in [7, 11) is -3.57. The first-order valence-corrected chi connectivity index (χ1v) is 12.4. The number of hydrogen-bond donors (Lipinski definition) is 0. The van der Waals surface area contributed by atoms with Crippen molar-refractivity contribution in [1.82, 2.24) is 14.3 Å². The van der Waals surface area contributed by atoms with Crippen molar-refractivity contribution >= 4 is 38.0 Å². The molecule has 0 bridgehead atoms. The minimum atomic E-state index is -3.57. The lowest BCUT2D eigenvalue weighted by Crippen LogP contribution is -2.47. The van der Waals surface area contributed by atoms with Crippen LogP contribution in [0, 0.1) is 10.1 Å². The van der Waals surface area contributed by atoms with Gasteiger partial charge in [0.25, 0.3) is 5.69 Å². The second kappa shape index (κ2) is 9.12. The fourth-order valence-corrected chi connectivity index (χ4v) is 5.77. The van der Waals surface area contributed by atoms with Crippen molar-refractivity contribution in [3.05, 3.63) is 59.0 Å². The average molecular weight is 485 g/mol. The Kier molecular flexibility index (Phi) is 6.02. The molecule has 0 N–H and O–H groups in total. The summed E-state index contributed by atoms with van der Waals surface area (Å²) in [4.78, 5) is 24.0. The number of benzene rings is 1. The average Bonchev–Trinajstić information content (AvgIpc) is 2.88. The highest BCUT2D eigenvalue weighted by Crippen LogP contribution is 2.33. The Labute approximate surface area is 196 Å². The van der Waals surface area contributed by atoms with E-state index in [2.05, 4.69) is 19.8 Å². The molecule has 11 nitrogen and oxygen atoms in total. The number of nitrogens with zero attached hydrogens (tertiary/aromatic N) is 6. The molecule has 4 heterocycles. The highest BCUT2D eigenvalue weighted by Gasteiger charge is 2.27. The maximum absolute atomic E-state index is 12.8. The van der Waals surface area contributed by atoms with Crippen molar-refractivity contribution in [1.29, 1.82) is 0 Å². The standard InChI is InChI=1S/C22H24N6O5S/c29-28(30)21-3-2-20(18-5-6-23-16-19(18)21)25-7-9-26(10-8-25)22-4-1-17(15-24-22)34(31,32)27-11-13-33-14-12-27/h1-6,15-16H,7-14H2. The van der Waals surface area contributed by atoms with Gasteiger partial charge in [-0.15, -0.1) is 0 Å². The highest BCUT2D eigenvalue weighted by atomic mass is 32.2. The molecule has 3 aromatic rings. The molecule has 0 amide bonds. The molecule has 0 aliphatic carbocycles. The number of sulfonamides is 1. The highest BCUT2D eigenvalue weighted by molar-refractivity contribution is 7.89. The fourth-order valence-electron chi connectivity index (χ4n) is 4.42. The van der Waals surface area contributed by atoms with Gasteiger partial charge < -0.3 is 14.5 Å². The van der Waals surface area contributed by atoms with Crippen molar-refractivity contribution in [2.45, 2.75) is 4.90 Å². The number of hydrogen-bond acceptors (Lipinski definition) is 9. The first-order valence-electron chi connectivity index (χ1n) is 11.0. The lowest BCUT2D eigenvalue weighted by Gasteiger charge is -2.37. The summed E-state index contributed by atoms with van der Waals surface area (Å²) < 4.78 is 32.3. The molecule has 2 aliphatic rings. The quantitative estimate of drug-likeness (QED) is 0.395. The van der Waals surface area contributed by atoms with Crippen LogP contribution in [0.5, 0.6) is 0 Å². The van der Waals surface area contributed by atoms with Gasteiger partial charge in [0.1, 0.15) is 10.7 Å². The van der Waals surface area contributed by atoms with Crippen LogP contribution >= 0.6 is 0 Å². The number of nitro benzene ring substituents is 1. The van der Waals surface area contributed by atoms with E-state index < -0.39 is 10.0 Å². The molecule has 0 unspecified atom stereocenters. The van der Waals surface area contributed by atoms with Crippen LogP contribution < -0.4 is 9.80 Å². The van der Waals surface area contributed by atoms with Crippen LogP contribution in [0.3, 0.4) is 0 Å². The van der Waals surface area contributed by atoms with E-state index in [1.807, 2.05) is 0 Å². The molecular formula is C22H24N6O5S. The molecule has 12 heteroatoms. The van der Waals surface area contributed by atoms with Crippen LogP contribution in [-0.2, 0) is 14.8 Å². The Hall–Kier alpha value is -3.35. The van der Waals surface area contributed by atoms with Crippen LogP contribution in [0.1, 0.15) is 0 Å². The maximum atomic E-state index is 12.8. The number of piperazine rings is 1. The van der Waals surface area contributed by atoms with Crippen LogP contribution in [0.2, 0.25) is 0 Å². The third-order valence-electron chi connectivity index (χ3n) is 6.24. The van der Waals surface area contributed by atoms with Crippen molar-refractivity contribution in [3.8, 4) is 0 Å². The SMILES string of the molecule is O=[N+]([O-])c1ccc(N2CCN(c3ccc(S(=O)(=O)N4CCOCC4)cn3)CC2)c2ccncc12. The van der Waals surface area contributed by atoms with Crippen molar-refractivity contribution in [2.24, 2.45) is 0 Å². The van der Waals surface area contributed by atoms with Crippen molar-refractivity contribution in [3.63, 3.8) is 0 Å². The number of fused-ring (bicyclic) bond motifs is 1. The predicted molar refractivity (Wildman–Crippen MR) is 127 cm³/mol. The summed E-state index contributed by atoms with van der Waals surface area (Å²) >= 11 is 0. The van der Waals surface area contributed by atoms with E-state index in [9.17, 15) is 18.5 Å². The summed E-state index contributed by atoms with van der Waals surface area (Å²) in [5.74, 6) is 0.721. The summed E-state index contributed by atoms with van der Waals surface area (Å²) in [5, 5.41) is 12.7. The summed E-state index contributed by atoms with van der Waals surface area (Å²) in [6, 6.07) is 8.48. The first-order chi connectivity index (χ1) is 16.4. The maximum Gasteiger partial charge on any atom is 0.278 e. The monoisotopic (exact) mass is 484 g/mol. The molecule has 2 saturated heterocycles. The third-order valence-corrected chi connectivity index (χ3v) is 8.12. The molecule has 2 aromatic heterocycles. The van der Waals surface area contributed by atoms with Gasteiger partial charge in [0, 0.05) is 75.0 Å². The third kappa shape index (κ3) is 4.15. The van der Waals surface area contributed by atoms with Crippen molar-refractivity contribution in [2.75, 3.05) is 62.3 Å². The first kappa shape index (κ1) is 22.4. The van der Waals surface area contributed by atoms with Crippen LogP contribution in [-0.4, -0.2) is 80.1 Å². The lowest BCUT2D eigenvalue weighted by molar-refractivity contribution is -0.383. The Morgan fingerprint density at radius 3 is 2.29 bits per heavy atom. The van der Waals surface area contributed by atoms with E-state index in [1.165, 1.54) is 22.8 Å². The zero-order chi connectivity index (χ0) is 23.7. The van der Waals surface area contributed by atoms with Gasteiger partial charge in [0.15, 0.2) is 0 Å². The number of rotatable bonds is 5. The Morgan fingerprint density at radius 1 is 0.882 bits per heavy atom. The largest absolute Gasteiger partial charge is 0.379 e. The van der Waals surface area contributed by atoms with Gasteiger partial charge >= 0.3 is 0 Å². The van der Waals surface area contributed by atoms with Gasteiger partial charge in [-0.05, 0) is 24.3 Å². The Bertz CT molecular complexity index is 1300. The number of morpholine rings is 1. The molecule has 178 valence electrons. The van der Waals surface area contributed by atoms with Crippen LogP contribution in [0.15, 0.2) is 53.8 Å². The van der Waals surface area contributed by atoms with Crippen LogP contribution in [0.25, 0.3) is 10.8 Å². The van der Waals surface area contributed by atoms with E-state index in [0.717, 1.165) is 16.9 Å². The number of non-ortho nitro benzene ring substituents is 1. The topological polar surface area (TPSA) is 122 Å². The smallest absolute Gasteiger partial charge is 0.278 e. The van der Waals surface area contributed by atoms with Gasteiger partial charge in [-0.3, -0.25) is 15.1 Å². The molecule has 2 fully saturated rings. The van der Waals surface area contributed by atoms with E-state index in [1.54, 1.807) is 30.5 Å². The molecule has 1 aromatic carbocycles. The van der Waals surface area contributed by atoms with E-state index >= 15 is 0 Å². The molecule has 0 spiro atoms. The summed E-state index contributed by atoms with van der Waals surface area (Å²) in [6.45, 7) is 4.26. The predicted octanol–water partition coefficient (Wildman–Crippen LogP) is 1.89. The van der Waals surface area contributed by atoms with Gasteiger partial charge in [-0.2, -0.15) is 4.31 Å². The molecule has 34 heavy (non-hydrogen) atoms. The number of nitro groups is 1. The fraction of sp³-hybridized carbons (Fsp3) is 0.364. The molecular weight excluding hydrogens is 460 g/mol. The molecule has 0 radical (unpaired) electrons. The number of ether oxygens (including phenoxy) is 1. The van der Waals surface area contributed by atoms with E-state index in [4.69, 9.17) is 4.74 Å². The minimum Gasteiger partial charge on any atom is -0.379 e. The zero-order valence-electron chi connectivity index (χ0n) is 18.4. The van der Waals surface area contributed by atoms with Crippen LogP contribution in [0.4, 0.5) is 17.2 Å². The summed E-state index contributed by atoms with van der Waals surface area (Å²) in [5.41, 5.74) is 0.976. The number of pyridine rings is 2. The number of aromatic nitrogens is 2. The van der Waals surface area contributed by atoms with E-state index in [0.29, 0.717) is 57.9 Å².